The normalized spacial score (nSPS) is 21.0. The number of nitrogens with zero attached hydrogens (tertiary/aromatic N) is 4. The minimum Gasteiger partial charge on any atom is -0.373 e. The second-order valence-corrected chi connectivity index (χ2v) is 7.18. The number of hydrogen-bond acceptors (Lipinski definition) is 4. The third-order valence-electron chi connectivity index (χ3n) is 5.01. The van der Waals surface area contributed by atoms with Gasteiger partial charge in [-0.25, -0.2) is 0 Å². The van der Waals surface area contributed by atoms with Gasteiger partial charge in [-0.1, -0.05) is 41.9 Å². The van der Waals surface area contributed by atoms with E-state index in [2.05, 4.69) is 29.2 Å². The maximum absolute atomic E-state index is 12.8. The molecule has 1 aliphatic heterocycles. The first-order valence-corrected chi connectivity index (χ1v) is 9.09. The molecule has 6 nitrogen and oxygen atoms in total. The highest BCUT2D eigenvalue weighted by Gasteiger charge is 2.34. The van der Waals surface area contributed by atoms with Crippen LogP contribution in [-0.4, -0.2) is 65.4 Å². The molecular weight excluding hydrogens is 352 g/mol. The largest absolute Gasteiger partial charge is 0.373 e. The lowest BCUT2D eigenvalue weighted by atomic mass is 9.98. The van der Waals surface area contributed by atoms with Crippen LogP contribution in [0.25, 0.3) is 0 Å². The van der Waals surface area contributed by atoms with E-state index in [0.717, 1.165) is 12.2 Å². The molecule has 0 radical (unpaired) electrons. The van der Waals surface area contributed by atoms with E-state index < -0.39 is 0 Å². The molecule has 2 atom stereocenters. The smallest absolute Gasteiger partial charge is 0.275 e. The van der Waals surface area contributed by atoms with Gasteiger partial charge in [0.05, 0.1) is 29.5 Å². The molecule has 3 rings (SSSR count). The Balaban J connectivity index is 1.79. The van der Waals surface area contributed by atoms with Gasteiger partial charge in [0, 0.05) is 27.2 Å². The zero-order chi connectivity index (χ0) is 18.8. The quantitative estimate of drug-likeness (QED) is 0.822. The van der Waals surface area contributed by atoms with E-state index in [1.807, 2.05) is 25.1 Å². The van der Waals surface area contributed by atoms with Crippen molar-refractivity contribution in [3.8, 4) is 0 Å². The molecule has 1 saturated heterocycles. The third-order valence-corrected chi connectivity index (χ3v) is 5.46. The van der Waals surface area contributed by atoms with E-state index in [-0.39, 0.29) is 23.7 Å². The fourth-order valence-corrected chi connectivity index (χ4v) is 3.63. The number of carbonyl (C=O) groups is 1. The van der Waals surface area contributed by atoms with E-state index in [1.165, 1.54) is 5.56 Å². The van der Waals surface area contributed by atoms with Crippen molar-refractivity contribution in [3.63, 3.8) is 0 Å². The first-order valence-electron chi connectivity index (χ1n) is 8.71. The second-order valence-electron chi connectivity index (χ2n) is 6.80. The number of carbonyl (C=O) groups excluding carboxylic acids is 1. The minimum atomic E-state index is -0.192. The van der Waals surface area contributed by atoms with Crippen LogP contribution in [0.3, 0.4) is 0 Å². The summed E-state index contributed by atoms with van der Waals surface area (Å²) in [4.78, 5) is 16.7. The summed E-state index contributed by atoms with van der Waals surface area (Å²) in [6.07, 6.45) is -0.117. The van der Waals surface area contributed by atoms with Crippen LogP contribution in [0.5, 0.6) is 0 Å². The Morgan fingerprint density at radius 2 is 2.04 bits per heavy atom. The maximum atomic E-state index is 12.8. The van der Waals surface area contributed by atoms with Gasteiger partial charge in [0.2, 0.25) is 0 Å². The van der Waals surface area contributed by atoms with Crippen LogP contribution in [0.2, 0.25) is 5.02 Å². The standard InChI is InChI=1S/C19H25ClN4O2/c1-13-16(20)17(21-24(13)4)19(25)23(3)12-15-18(22(2)10-11-26-15)14-8-6-5-7-9-14/h5-9,15,18H,10-12H2,1-4H3/t15-,18-/m0/s1. The van der Waals surface area contributed by atoms with Gasteiger partial charge in [-0.05, 0) is 19.5 Å². The molecule has 0 spiro atoms. The van der Waals surface area contributed by atoms with Crippen molar-refractivity contribution in [1.82, 2.24) is 19.6 Å². The van der Waals surface area contributed by atoms with E-state index in [4.69, 9.17) is 16.3 Å². The van der Waals surface area contributed by atoms with Crippen LogP contribution in [0, 0.1) is 6.92 Å². The Bertz CT molecular complexity index is 777. The average molecular weight is 377 g/mol. The Morgan fingerprint density at radius 3 is 2.65 bits per heavy atom. The molecule has 0 bridgehead atoms. The summed E-state index contributed by atoms with van der Waals surface area (Å²) in [5, 5.41) is 4.67. The lowest BCUT2D eigenvalue weighted by Crippen LogP contribution is -2.48. The Kier molecular flexibility index (Phi) is 5.65. The summed E-state index contributed by atoms with van der Waals surface area (Å²) < 4.78 is 7.66. The molecule has 1 fully saturated rings. The number of benzene rings is 1. The molecule has 0 saturated carbocycles. The van der Waals surface area contributed by atoms with Crippen molar-refractivity contribution in [2.45, 2.75) is 19.1 Å². The molecule has 2 aromatic rings. The number of aryl methyl sites for hydroxylation is 1. The third kappa shape index (κ3) is 3.63. The molecule has 140 valence electrons. The number of likely N-dealkylation sites (N-methyl/N-ethyl adjacent to an activating group) is 2. The number of halogens is 1. The van der Waals surface area contributed by atoms with Gasteiger partial charge in [0.15, 0.2) is 5.69 Å². The van der Waals surface area contributed by atoms with E-state index in [0.29, 0.717) is 18.2 Å². The number of rotatable bonds is 4. The predicted molar refractivity (Wildman–Crippen MR) is 101 cm³/mol. The second kappa shape index (κ2) is 7.78. The summed E-state index contributed by atoms with van der Waals surface area (Å²) in [5.74, 6) is -0.192. The zero-order valence-corrected chi connectivity index (χ0v) is 16.4. The maximum Gasteiger partial charge on any atom is 0.275 e. The first kappa shape index (κ1) is 18.9. The van der Waals surface area contributed by atoms with Gasteiger partial charge >= 0.3 is 0 Å². The van der Waals surface area contributed by atoms with Crippen LogP contribution in [-0.2, 0) is 11.8 Å². The van der Waals surface area contributed by atoms with Crippen molar-refractivity contribution in [3.05, 3.63) is 52.3 Å². The topological polar surface area (TPSA) is 50.6 Å². The molecule has 7 heteroatoms. The fraction of sp³-hybridized carbons (Fsp3) is 0.474. The average Bonchev–Trinajstić information content (AvgIpc) is 2.89. The van der Waals surface area contributed by atoms with Gasteiger partial charge < -0.3 is 9.64 Å². The van der Waals surface area contributed by atoms with E-state index in [1.54, 1.807) is 23.7 Å². The molecule has 0 N–H and O–H groups in total. The molecule has 1 aliphatic rings. The number of aromatic nitrogens is 2. The molecule has 0 unspecified atom stereocenters. The Labute approximate surface area is 159 Å². The first-order chi connectivity index (χ1) is 12.4. The summed E-state index contributed by atoms with van der Waals surface area (Å²) >= 11 is 6.27. The fourth-order valence-electron chi connectivity index (χ4n) is 3.39. The summed E-state index contributed by atoms with van der Waals surface area (Å²) in [5.41, 5.74) is 2.25. The number of hydrogen-bond donors (Lipinski definition) is 0. The Hall–Kier alpha value is -1.89. The molecule has 1 aromatic heterocycles. The lowest BCUT2D eigenvalue weighted by molar-refractivity contribution is -0.0708. The SMILES string of the molecule is Cc1c(Cl)c(C(=O)N(C)C[C@@H]2OCCN(C)[C@H]2c2ccccc2)nn1C. The van der Waals surface area contributed by atoms with E-state index in [9.17, 15) is 4.79 Å². The van der Waals surface area contributed by atoms with Gasteiger partial charge in [0.1, 0.15) is 0 Å². The molecular formula is C19H25ClN4O2. The van der Waals surface area contributed by atoms with Crippen LogP contribution in [0.15, 0.2) is 30.3 Å². The van der Waals surface area contributed by atoms with Gasteiger partial charge in [0.25, 0.3) is 5.91 Å². The van der Waals surface area contributed by atoms with Crippen molar-refractivity contribution in [2.75, 3.05) is 33.8 Å². The predicted octanol–water partition coefficient (Wildman–Crippen LogP) is 2.53. The number of ether oxygens (including phenoxy) is 1. The van der Waals surface area contributed by atoms with Gasteiger partial charge in [-0.3, -0.25) is 14.4 Å². The van der Waals surface area contributed by atoms with Crippen LogP contribution >= 0.6 is 11.6 Å². The number of amides is 1. The summed E-state index contributed by atoms with van der Waals surface area (Å²) in [7, 11) is 5.64. The van der Waals surface area contributed by atoms with Gasteiger partial charge in [-0.2, -0.15) is 5.10 Å². The van der Waals surface area contributed by atoms with Crippen molar-refractivity contribution in [1.29, 1.82) is 0 Å². The molecule has 26 heavy (non-hydrogen) atoms. The van der Waals surface area contributed by atoms with Crippen LogP contribution in [0.1, 0.15) is 27.8 Å². The zero-order valence-electron chi connectivity index (χ0n) is 15.6. The highest BCUT2D eigenvalue weighted by atomic mass is 35.5. The number of morpholine rings is 1. The van der Waals surface area contributed by atoms with E-state index >= 15 is 0 Å². The van der Waals surface area contributed by atoms with Crippen molar-refractivity contribution in [2.24, 2.45) is 7.05 Å². The van der Waals surface area contributed by atoms with Gasteiger partial charge in [-0.15, -0.1) is 0 Å². The van der Waals surface area contributed by atoms with Crippen molar-refractivity contribution >= 4 is 17.5 Å². The molecule has 0 aliphatic carbocycles. The van der Waals surface area contributed by atoms with Crippen molar-refractivity contribution < 1.29 is 9.53 Å². The van der Waals surface area contributed by atoms with Crippen LogP contribution in [0.4, 0.5) is 0 Å². The monoisotopic (exact) mass is 376 g/mol. The summed E-state index contributed by atoms with van der Waals surface area (Å²) in [6, 6.07) is 10.4. The van der Waals surface area contributed by atoms with Crippen LogP contribution < -0.4 is 0 Å². The highest BCUT2D eigenvalue weighted by Crippen LogP contribution is 2.29. The molecule has 1 amide bonds. The highest BCUT2D eigenvalue weighted by molar-refractivity contribution is 6.34. The lowest BCUT2D eigenvalue weighted by Gasteiger charge is -2.40. The Morgan fingerprint density at radius 1 is 1.35 bits per heavy atom. The molecule has 2 heterocycles. The minimum absolute atomic E-state index is 0.0983. The summed E-state index contributed by atoms with van der Waals surface area (Å²) in [6.45, 7) is 3.82. The molecule has 1 aromatic carbocycles.